The smallest absolute Gasteiger partial charge is 0.412 e. The Labute approximate surface area is 162 Å². The monoisotopic (exact) mass is 379 g/mol. The molecule has 1 heterocycles. The number of nitrogens with one attached hydrogen (secondary N) is 1. The van der Waals surface area contributed by atoms with Gasteiger partial charge in [-0.3, -0.25) is 10.2 Å². The lowest BCUT2D eigenvalue weighted by molar-refractivity contribution is 0.0157. The molecule has 27 heavy (non-hydrogen) atoms. The lowest BCUT2D eigenvalue weighted by Crippen LogP contribution is -2.48. The number of hydrogen-bond acceptors (Lipinski definition) is 6. The highest BCUT2D eigenvalue weighted by atomic mass is 16.6. The zero-order valence-corrected chi connectivity index (χ0v) is 16.8. The van der Waals surface area contributed by atoms with Gasteiger partial charge in [0.2, 0.25) is 0 Å². The number of rotatable bonds is 10. The zero-order chi connectivity index (χ0) is 19.5. The van der Waals surface area contributed by atoms with Crippen molar-refractivity contribution in [2.45, 2.75) is 25.9 Å². The highest BCUT2D eigenvalue weighted by Crippen LogP contribution is 2.24. The van der Waals surface area contributed by atoms with Gasteiger partial charge in [-0.25, -0.2) is 4.79 Å². The Balaban J connectivity index is 1.88. The molecule has 2 rings (SSSR count). The summed E-state index contributed by atoms with van der Waals surface area (Å²) in [6.07, 6.45) is 1.23. The first kappa shape index (κ1) is 21.5. The van der Waals surface area contributed by atoms with Crippen LogP contribution >= 0.6 is 0 Å². The van der Waals surface area contributed by atoms with E-state index in [1.807, 2.05) is 24.3 Å². The van der Waals surface area contributed by atoms with E-state index in [-0.39, 0.29) is 6.10 Å². The van der Waals surface area contributed by atoms with E-state index in [4.69, 9.17) is 14.2 Å². The third kappa shape index (κ3) is 7.74. The van der Waals surface area contributed by atoms with Crippen molar-refractivity contribution in [3.8, 4) is 5.75 Å². The van der Waals surface area contributed by atoms with E-state index in [1.165, 1.54) is 0 Å². The van der Waals surface area contributed by atoms with Gasteiger partial charge in [0.1, 0.15) is 11.9 Å². The normalized spacial score (nSPS) is 16.7. The molecule has 1 amide bonds. The summed E-state index contributed by atoms with van der Waals surface area (Å²) in [5.74, 6) is 0.658. The Kier molecular flexibility index (Phi) is 9.38. The molecule has 1 aliphatic heterocycles. The van der Waals surface area contributed by atoms with Crippen LogP contribution in [-0.4, -0.2) is 82.1 Å². The molecule has 1 aliphatic rings. The number of para-hydroxylation sites is 2. The van der Waals surface area contributed by atoms with Crippen molar-refractivity contribution in [3.63, 3.8) is 0 Å². The van der Waals surface area contributed by atoms with Crippen molar-refractivity contribution in [2.24, 2.45) is 0 Å². The van der Waals surface area contributed by atoms with Gasteiger partial charge in [0.25, 0.3) is 0 Å². The fourth-order valence-electron chi connectivity index (χ4n) is 2.94. The Morgan fingerprint density at radius 2 is 1.96 bits per heavy atom. The molecule has 1 aromatic carbocycles. The number of benzene rings is 1. The molecule has 1 fully saturated rings. The standard InChI is InChI=1S/C20H33N3O4/c1-4-5-14-26-19-9-7-6-8-18(19)21-20(24)27-17(16-25-3)15-23-12-10-22(2)11-13-23/h6-9,17H,4-5,10-16H2,1-3H3,(H,21,24)/t17-/m1/s1. The van der Waals surface area contributed by atoms with Crippen LogP contribution in [0.4, 0.5) is 10.5 Å². The quantitative estimate of drug-likeness (QED) is 0.631. The zero-order valence-electron chi connectivity index (χ0n) is 16.8. The van der Waals surface area contributed by atoms with Gasteiger partial charge in [-0.15, -0.1) is 0 Å². The number of piperazine rings is 1. The van der Waals surface area contributed by atoms with Crippen LogP contribution < -0.4 is 10.1 Å². The third-order valence-electron chi connectivity index (χ3n) is 4.56. The number of nitrogens with zero attached hydrogens (tertiary/aromatic N) is 2. The van der Waals surface area contributed by atoms with Crippen molar-refractivity contribution in [1.82, 2.24) is 9.80 Å². The van der Waals surface area contributed by atoms with Crippen molar-refractivity contribution in [3.05, 3.63) is 24.3 Å². The number of methoxy groups -OCH3 is 1. The molecule has 1 aromatic rings. The summed E-state index contributed by atoms with van der Waals surface area (Å²) in [4.78, 5) is 17.0. The summed E-state index contributed by atoms with van der Waals surface area (Å²) in [5, 5.41) is 2.80. The van der Waals surface area contributed by atoms with E-state index >= 15 is 0 Å². The predicted molar refractivity (Wildman–Crippen MR) is 107 cm³/mol. The van der Waals surface area contributed by atoms with E-state index in [1.54, 1.807) is 7.11 Å². The number of carbonyl (C=O) groups excluding carboxylic acids is 1. The lowest BCUT2D eigenvalue weighted by atomic mass is 10.2. The molecule has 0 aromatic heterocycles. The molecule has 152 valence electrons. The van der Waals surface area contributed by atoms with Crippen LogP contribution in [0.2, 0.25) is 0 Å². The largest absolute Gasteiger partial charge is 0.491 e. The number of unbranched alkanes of at least 4 members (excludes halogenated alkanes) is 1. The van der Waals surface area contributed by atoms with Crippen molar-refractivity contribution < 1.29 is 19.0 Å². The van der Waals surface area contributed by atoms with E-state index in [9.17, 15) is 4.79 Å². The van der Waals surface area contributed by atoms with Gasteiger partial charge in [-0.1, -0.05) is 25.5 Å². The van der Waals surface area contributed by atoms with Crippen LogP contribution in [0.3, 0.4) is 0 Å². The average molecular weight is 380 g/mol. The Bertz CT molecular complexity index is 562. The molecule has 7 heteroatoms. The topological polar surface area (TPSA) is 63.3 Å². The predicted octanol–water partition coefficient (Wildman–Crippen LogP) is 2.68. The van der Waals surface area contributed by atoms with E-state index in [0.717, 1.165) is 39.0 Å². The summed E-state index contributed by atoms with van der Waals surface area (Å²) >= 11 is 0. The number of likely N-dealkylation sites (N-methyl/N-ethyl adjacent to an activating group) is 1. The molecule has 0 aliphatic carbocycles. The molecular formula is C20H33N3O4. The molecule has 0 saturated carbocycles. The highest BCUT2D eigenvalue weighted by Gasteiger charge is 2.22. The number of anilines is 1. The van der Waals surface area contributed by atoms with E-state index in [0.29, 0.717) is 31.2 Å². The third-order valence-corrected chi connectivity index (χ3v) is 4.56. The van der Waals surface area contributed by atoms with Crippen LogP contribution in [0.1, 0.15) is 19.8 Å². The molecule has 1 saturated heterocycles. The number of amides is 1. The van der Waals surface area contributed by atoms with Gasteiger partial charge in [0, 0.05) is 39.8 Å². The van der Waals surface area contributed by atoms with Crippen molar-refractivity contribution in [1.29, 1.82) is 0 Å². The van der Waals surface area contributed by atoms with E-state index < -0.39 is 6.09 Å². The molecule has 0 radical (unpaired) electrons. The summed E-state index contributed by atoms with van der Waals surface area (Å²) in [7, 11) is 3.74. The second-order valence-corrected chi connectivity index (χ2v) is 6.91. The summed E-state index contributed by atoms with van der Waals surface area (Å²) < 4.78 is 16.6. The molecular weight excluding hydrogens is 346 g/mol. The minimum absolute atomic E-state index is 0.313. The summed E-state index contributed by atoms with van der Waals surface area (Å²) in [6.45, 7) is 7.76. The first-order chi connectivity index (χ1) is 13.1. The van der Waals surface area contributed by atoms with Gasteiger partial charge in [0.05, 0.1) is 18.9 Å². The minimum Gasteiger partial charge on any atom is -0.491 e. The van der Waals surface area contributed by atoms with Gasteiger partial charge in [0.15, 0.2) is 0 Å². The Morgan fingerprint density at radius 3 is 2.67 bits per heavy atom. The lowest BCUT2D eigenvalue weighted by Gasteiger charge is -2.34. The first-order valence-electron chi connectivity index (χ1n) is 9.71. The van der Waals surface area contributed by atoms with E-state index in [2.05, 4.69) is 29.1 Å². The van der Waals surface area contributed by atoms with Gasteiger partial charge in [-0.2, -0.15) is 0 Å². The summed E-state index contributed by atoms with van der Waals surface area (Å²) in [5.41, 5.74) is 0.620. The van der Waals surface area contributed by atoms with Crippen LogP contribution in [0.5, 0.6) is 5.75 Å². The minimum atomic E-state index is -0.488. The van der Waals surface area contributed by atoms with Gasteiger partial charge >= 0.3 is 6.09 Å². The molecule has 1 N–H and O–H groups in total. The molecule has 0 unspecified atom stereocenters. The van der Waals surface area contributed by atoms with Gasteiger partial charge < -0.3 is 19.1 Å². The first-order valence-corrected chi connectivity index (χ1v) is 9.71. The maximum Gasteiger partial charge on any atom is 0.412 e. The number of ether oxygens (including phenoxy) is 3. The molecule has 7 nitrogen and oxygen atoms in total. The number of carbonyl (C=O) groups is 1. The van der Waals surface area contributed by atoms with Crippen LogP contribution in [0, 0.1) is 0 Å². The fraction of sp³-hybridized carbons (Fsp3) is 0.650. The van der Waals surface area contributed by atoms with Gasteiger partial charge in [-0.05, 0) is 25.6 Å². The highest BCUT2D eigenvalue weighted by molar-refractivity contribution is 5.86. The maximum atomic E-state index is 12.4. The van der Waals surface area contributed by atoms with Crippen molar-refractivity contribution >= 4 is 11.8 Å². The Hall–Kier alpha value is -1.83. The second-order valence-electron chi connectivity index (χ2n) is 6.91. The SMILES string of the molecule is CCCCOc1ccccc1NC(=O)O[C@@H](COC)CN1CCN(C)CC1. The average Bonchev–Trinajstić information content (AvgIpc) is 2.65. The van der Waals surface area contributed by atoms with Crippen molar-refractivity contribution in [2.75, 3.05) is 65.4 Å². The molecule has 0 spiro atoms. The summed E-state index contributed by atoms with van der Waals surface area (Å²) in [6, 6.07) is 7.41. The second kappa shape index (κ2) is 11.8. The van der Waals surface area contributed by atoms with Crippen LogP contribution in [-0.2, 0) is 9.47 Å². The Morgan fingerprint density at radius 1 is 1.22 bits per heavy atom. The fourth-order valence-corrected chi connectivity index (χ4v) is 2.94. The maximum absolute atomic E-state index is 12.4. The molecule has 1 atom stereocenters. The van der Waals surface area contributed by atoms with Crippen LogP contribution in [0.15, 0.2) is 24.3 Å². The number of hydrogen-bond donors (Lipinski definition) is 1. The van der Waals surface area contributed by atoms with Crippen LogP contribution in [0.25, 0.3) is 0 Å². The molecule has 0 bridgehead atoms.